The summed E-state index contributed by atoms with van der Waals surface area (Å²) in [6, 6.07) is 19.1. The van der Waals surface area contributed by atoms with Crippen LogP contribution in [0, 0.1) is 11.8 Å². The first kappa shape index (κ1) is 23.2. The van der Waals surface area contributed by atoms with Crippen LogP contribution >= 0.6 is 11.6 Å². The third kappa shape index (κ3) is 3.65. The molecule has 0 N–H and O–H groups in total. The lowest BCUT2D eigenvalue weighted by Gasteiger charge is -2.36. The maximum atomic E-state index is 14.0. The van der Waals surface area contributed by atoms with Crippen molar-refractivity contribution in [3.8, 4) is 5.75 Å². The van der Waals surface area contributed by atoms with E-state index in [0.29, 0.717) is 22.0 Å². The maximum Gasteiger partial charge on any atom is 0.308 e. The Labute approximate surface area is 217 Å². The third-order valence-corrected chi connectivity index (χ3v) is 7.42. The Hall–Kier alpha value is -4.23. The molecule has 0 aromatic heterocycles. The molecule has 0 radical (unpaired) electrons. The Morgan fingerprint density at radius 3 is 2.24 bits per heavy atom. The first-order valence-corrected chi connectivity index (χ1v) is 12.2. The van der Waals surface area contributed by atoms with Crippen molar-refractivity contribution >= 4 is 52.6 Å². The van der Waals surface area contributed by atoms with Gasteiger partial charge in [0.2, 0.25) is 11.8 Å². The van der Waals surface area contributed by atoms with Crippen LogP contribution < -0.4 is 14.5 Å². The topological polar surface area (TPSA) is 84.0 Å². The molecule has 6 rings (SSSR count). The average Bonchev–Trinajstić information content (AvgIpc) is 3.37. The van der Waals surface area contributed by atoms with E-state index < -0.39 is 35.8 Å². The molecule has 3 aromatic carbocycles. The summed E-state index contributed by atoms with van der Waals surface area (Å²) in [6.07, 6.45) is 3.85. The Morgan fingerprint density at radius 2 is 1.54 bits per heavy atom. The van der Waals surface area contributed by atoms with Gasteiger partial charge < -0.3 is 9.64 Å². The highest BCUT2D eigenvalue weighted by Crippen LogP contribution is 2.49. The normalized spacial score (nSPS) is 23.5. The molecule has 2 amide bonds. The number of amides is 2. The lowest BCUT2D eigenvalue weighted by atomic mass is 9.86. The zero-order chi connectivity index (χ0) is 25.8. The molecule has 2 saturated heterocycles. The second-order valence-corrected chi connectivity index (χ2v) is 9.72. The number of anilines is 2. The SMILES string of the molecule is CC(=O)Oc1ccc(N2C(=O)[C@@H]3[C@H](C2=O)[C@H]2C=Cc4ccccc4N2[C@@H]3C(=O)c2ccc(Cl)cc2)cc1. The number of halogens is 1. The molecular formula is C29H21ClN2O5. The Morgan fingerprint density at radius 1 is 0.865 bits per heavy atom. The van der Waals surface area contributed by atoms with Crippen LogP contribution in [0.2, 0.25) is 5.02 Å². The van der Waals surface area contributed by atoms with Crippen LogP contribution in [0.1, 0.15) is 22.8 Å². The number of hydrogen-bond acceptors (Lipinski definition) is 6. The van der Waals surface area contributed by atoms with Gasteiger partial charge in [-0.2, -0.15) is 0 Å². The van der Waals surface area contributed by atoms with Gasteiger partial charge in [-0.3, -0.25) is 19.2 Å². The van der Waals surface area contributed by atoms with Crippen LogP contribution in [0.3, 0.4) is 0 Å². The molecule has 3 aromatic rings. The predicted octanol–water partition coefficient (Wildman–Crippen LogP) is 4.54. The van der Waals surface area contributed by atoms with Gasteiger partial charge in [-0.05, 0) is 60.2 Å². The van der Waals surface area contributed by atoms with E-state index in [-0.39, 0.29) is 11.7 Å². The largest absolute Gasteiger partial charge is 0.427 e. The molecule has 184 valence electrons. The summed E-state index contributed by atoms with van der Waals surface area (Å²) in [6.45, 7) is 1.29. The smallest absolute Gasteiger partial charge is 0.308 e. The van der Waals surface area contributed by atoms with E-state index in [9.17, 15) is 19.2 Å². The molecule has 7 nitrogen and oxygen atoms in total. The van der Waals surface area contributed by atoms with Crippen molar-refractivity contribution in [3.05, 3.63) is 95.0 Å². The summed E-state index contributed by atoms with van der Waals surface area (Å²) in [5.41, 5.74) is 2.52. The second-order valence-electron chi connectivity index (χ2n) is 9.28. The number of fused-ring (bicyclic) bond motifs is 5. The van der Waals surface area contributed by atoms with E-state index in [2.05, 4.69) is 0 Å². The van der Waals surface area contributed by atoms with Crippen molar-refractivity contribution in [2.45, 2.75) is 19.0 Å². The number of imide groups is 1. The zero-order valence-electron chi connectivity index (χ0n) is 19.7. The first-order valence-electron chi connectivity index (χ1n) is 11.9. The molecule has 3 heterocycles. The van der Waals surface area contributed by atoms with E-state index in [1.165, 1.54) is 19.1 Å². The highest BCUT2D eigenvalue weighted by molar-refractivity contribution is 6.30. The van der Waals surface area contributed by atoms with Crippen LogP contribution in [-0.4, -0.2) is 35.7 Å². The molecule has 4 atom stereocenters. The van der Waals surface area contributed by atoms with Gasteiger partial charge in [0.05, 0.1) is 23.6 Å². The number of carbonyl (C=O) groups is 4. The molecule has 3 aliphatic rings. The first-order chi connectivity index (χ1) is 17.8. The monoisotopic (exact) mass is 512 g/mol. The van der Waals surface area contributed by atoms with Crippen LogP contribution in [-0.2, 0) is 14.4 Å². The van der Waals surface area contributed by atoms with Crippen molar-refractivity contribution in [1.82, 2.24) is 0 Å². The average molecular weight is 513 g/mol. The number of esters is 1. The molecule has 0 aliphatic carbocycles. The van der Waals surface area contributed by atoms with Crippen LogP contribution in [0.5, 0.6) is 5.75 Å². The fourth-order valence-corrected chi connectivity index (χ4v) is 5.81. The van der Waals surface area contributed by atoms with E-state index >= 15 is 0 Å². The van der Waals surface area contributed by atoms with Gasteiger partial charge in [-0.25, -0.2) is 4.90 Å². The van der Waals surface area contributed by atoms with Crippen molar-refractivity contribution in [2.24, 2.45) is 11.8 Å². The van der Waals surface area contributed by atoms with Gasteiger partial charge in [0, 0.05) is 23.2 Å². The lowest BCUT2D eigenvalue weighted by Crippen LogP contribution is -2.48. The minimum absolute atomic E-state index is 0.243. The molecule has 8 heteroatoms. The molecule has 2 fully saturated rings. The third-order valence-electron chi connectivity index (χ3n) is 7.17. The minimum Gasteiger partial charge on any atom is -0.427 e. The number of para-hydroxylation sites is 1. The minimum atomic E-state index is -0.871. The molecule has 3 aliphatic heterocycles. The van der Waals surface area contributed by atoms with Crippen molar-refractivity contribution in [1.29, 1.82) is 0 Å². The Bertz CT molecular complexity index is 1480. The number of Topliss-reactive ketones (excluding diaryl/α,β-unsaturated/α-hetero) is 1. The van der Waals surface area contributed by atoms with Crippen LogP contribution in [0.4, 0.5) is 11.4 Å². The van der Waals surface area contributed by atoms with Gasteiger partial charge in [-0.15, -0.1) is 0 Å². The number of hydrogen-bond donors (Lipinski definition) is 0. The molecule has 0 bridgehead atoms. The van der Waals surface area contributed by atoms with Crippen molar-refractivity contribution in [3.63, 3.8) is 0 Å². The van der Waals surface area contributed by atoms with Gasteiger partial charge in [0.15, 0.2) is 5.78 Å². The highest BCUT2D eigenvalue weighted by Gasteiger charge is 2.64. The van der Waals surface area contributed by atoms with Crippen molar-refractivity contribution in [2.75, 3.05) is 9.80 Å². The quantitative estimate of drug-likeness (QED) is 0.221. The second kappa shape index (κ2) is 8.71. The predicted molar refractivity (Wildman–Crippen MR) is 139 cm³/mol. The Kier molecular flexibility index (Phi) is 5.46. The molecule has 0 unspecified atom stereocenters. The molecule has 37 heavy (non-hydrogen) atoms. The Balaban J connectivity index is 1.43. The fourth-order valence-electron chi connectivity index (χ4n) is 5.68. The summed E-state index contributed by atoms with van der Waals surface area (Å²) >= 11 is 6.05. The molecule has 0 spiro atoms. The zero-order valence-corrected chi connectivity index (χ0v) is 20.5. The summed E-state index contributed by atoms with van der Waals surface area (Å²) in [5.74, 6) is -2.79. The van der Waals surface area contributed by atoms with Gasteiger partial charge in [-0.1, -0.05) is 42.0 Å². The van der Waals surface area contributed by atoms with Crippen LogP contribution in [0.15, 0.2) is 78.9 Å². The summed E-state index contributed by atoms with van der Waals surface area (Å²) in [5, 5.41) is 0.500. The number of benzene rings is 3. The van der Waals surface area contributed by atoms with Crippen molar-refractivity contribution < 1.29 is 23.9 Å². The van der Waals surface area contributed by atoms with Gasteiger partial charge in [0.25, 0.3) is 0 Å². The van der Waals surface area contributed by atoms with Gasteiger partial charge in [0.1, 0.15) is 11.8 Å². The lowest BCUT2D eigenvalue weighted by molar-refractivity contribution is -0.132. The molecular weight excluding hydrogens is 492 g/mol. The number of carbonyl (C=O) groups excluding carboxylic acids is 4. The highest BCUT2D eigenvalue weighted by atomic mass is 35.5. The standard InChI is InChI=1S/C29H21ClN2O5/c1-16(33)37-21-13-11-20(12-14-21)31-28(35)24-23-15-8-17-4-2-3-5-22(17)32(23)26(25(24)29(31)36)27(34)18-6-9-19(30)10-7-18/h2-15,23-26H,1H3/t23-,24-,25-,26+/m1/s1. The maximum absolute atomic E-state index is 14.0. The number of rotatable bonds is 4. The van der Waals surface area contributed by atoms with E-state index in [1.54, 1.807) is 36.4 Å². The summed E-state index contributed by atoms with van der Waals surface area (Å²) < 4.78 is 5.07. The van der Waals surface area contributed by atoms with Gasteiger partial charge >= 0.3 is 5.97 Å². The number of nitrogens with zero attached hydrogens (tertiary/aromatic N) is 2. The summed E-state index contributed by atoms with van der Waals surface area (Å²) in [7, 11) is 0. The van der Waals surface area contributed by atoms with E-state index in [0.717, 1.165) is 16.2 Å². The summed E-state index contributed by atoms with van der Waals surface area (Å²) in [4.78, 5) is 56.0. The number of ether oxygens (including phenoxy) is 1. The fraction of sp³-hybridized carbons (Fsp3) is 0.172. The number of ketones is 1. The van der Waals surface area contributed by atoms with E-state index in [4.69, 9.17) is 16.3 Å². The van der Waals surface area contributed by atoms with Crippen LogP contribution in [0.25, 0.3) is 6.08 Å². The van der Waals surface area contributed by atoms with E-state index in [1.807, 2.05) is 41.3 Å². The molecule has 0 saturated carbocycles.